The van der Waals surface area contributed by atoms with Gasteiger partial charge in [-0.1, -0.05) is 12.2 Å². The van der Waals surface area contributed by atoms with Crippen LogP contribution in [0.4, 0.5) is 5.82 Å². The Hall–Kier alpha value is -2.48. The van der Waals surface area contributed by atoms with Gasteiger partial charge in [-0.2, -0.15) is 0 Å². The third-order valence-electron chi connectivity index (χ3n) is 3.21. The highest BCUT2D eigenvalue weighted by molar-refractivity contribution is 5.90. The van der Waals surface area contributed by atoms with E-state index in [-0.39, 0.29) is 17.7 Å². The van der Waals surface area contributed by atoms with Crippen molar-refractivity contribution in [1.29, 1.82) is 0 Å². The van der Waals surface area contributed by atoms with E-state index < -0.39 is 12.1 Å². The van der Waals surface area contributed by atoms with E-state index in [0.717, 1.165) is 0 Å². The summed E-state index contributed by atoms with van der Waals surface area (Å²) in [4.78, 5) is 23.7. The van der Waals surface area contributed by atoms with Crippen LogP contribution in [0.5, 0.6) is 0 Å². The van der Waals surface area contributed by atoms with Crippen LogP contribution in [0.15, 0.2) is 18.5 Å². The van der Waals surface area contributed by atoms with Gasteiger partial charge in [-0.25, -0.2) is 19.7 Å². The Bertz CT molecular complexity index is 708. The molecule has 0 fully saturated rings. The fraction of sp³-hybridized carbons (Fsp3) is 0.333. The lowest BCUT2D eigenvalue weighted by Crippen LogP contribution is -2.12. The first-order valence-corrected chi connectivity index (χ1v) is 6.05. The lowest BCUT2D eigenvalue weighted by Gasteiger charge is -2.11. The van der Waals surface area contributed by atoms with E-state index in [9.17, 15) is 9.90 Å². The van der Waals surface area contributed by atoms with Gasteiger partial charge in [0, 0.05) is 6.42 Å². The van der Waals surface area contributed by atoms with Crippen LogP contribution in [-0.4, -0.2) is 43.8 Å². The van der Waals surface area contributed by atoms with E-state index in [2.05, 4.69) is 19.7 Å². The van der Waals surface area contributed by atoms with Gasteiger partial charge in [0.2, 0.25) is 5.82 Å². The summed E-state index contributed by atoms with van der Waals surface area (Å²) in [6.45, 7) is 0. The van der Waals surface area contributed by atoms with Gasteiger partial charge in [-0.15, -0.1) is 0 Å². The number of aromatic nitrogens is 4. The van der Waals surface area contributed by atoms with Crippen LogP contribution in [0.2, 0.25) is 0 Å². The normalized spacial score (nSPS) is 21.5. The topological polar surface area (TPSA) is 116 Å². The molecule has 2 aromatic heterocycles. The molecule has 1 aliphatic rings. The molecule has 0 unspecified atom stereocenters. The summed E-state index contributed by atoms with van der Waals surface area (Å²) >= 11 is 0. The van der Waals surface area contributed by atoms with E-state index in [1.54, 1.807) is 17.0 Å². The largest absolute Gasteiger partial charge is 0.463 e. The number of carbonyl (C=O) groups is 1. The molecule has 0 bridgehead atoms. The summed E-state index contributed by atoms with van der Waals surface area (Å²) in [6, 6.07) is -0.0743. The van der Waals surface area contributed by atoms with Crippen LogP contribution in [-0.2, 0) is 4.74 Å². The fourth-order valence-electron chi connectivity index (χ4n) is 2.23. The maximum atomic E-state index is 11.5. The van der Waals surface area contributed by atoms with Crippen LogP contribution in [0, 0.1) is 0 Å². The lowest BCUT2D eigenvalue weighted by atomic mass is 10.2. The minimum absolute atomic E-state index is 0.0743. The number of methoxy groups -OCH3 is 1. The summed E-state index contributed by atoms with van der Waals surface area (Å²) < 4.78 is 6.35. The first-order chi connectivity index (χ1) is 9.60. The Kier molecular flexibility index (Phi) is 2.87. The SMILES string of the molecule is COC(=O)c1nc(N)c2ncn([C@H]3C=C[C@@H](O)C3)c2n1. The number of allylic oxidation sites excluding steroid dienone is 1. The second-order valence-electron chi connectivity index (χ2n) is 4.50. The van der Waals surface area contributed by atoms with Gasteiger partial charge < -0.3 is 20.1 Å². The molecule has 8 heteroatoms. The van der Waals surface area contributed by atoms with E-state index in [4.69, 9.17) is 5.73 Å². The molecule has 2 aromatic rings. The molecule has 3 N–H and O–H groups in total. The number of nitrogens with two attached hydrogens (primary N) is 1. The van der Waals surface area contributed by atoms with Gasteiger partial charge in [0.25, 0.3) is 0 Å². The molecule has 8 nitrogen and oxygen atoms in total. The molecule has 0 saturated heterocycles. The Labute approximate surface area is 113 Å². The number of hydrogen-bond acceptors (Lipinski definition) is 7. The number of carbonyl (C=O) groups excluding carboxylic acids is 1. The monoisotopic (exact) mass is 275 g/mol. The van der Waals surface area contributed by atoms with Gasteiger partial charge in [0.1, 0.15) is 5.52 Å². The van der Waals surface area contributed by atoms with Gasteiger partial charge in [-0.3, -0.25) is 0 Å². The Morgan fingerprint density at radius 3 is 2.95 bits per heavy atom. The van der Waals surface area contributed by atoms with Crippen LogP contribution in [0.1, 0.15) is 23.1 Å². The molecular formula is C12H13N5O3. The van der Waals surface area contributed by atoms with Crippen molar-refractivity contribution < 1.29 is 14.6 Å². The number of nitrogen functional groups attached to an aromatic ring is 1. The van der Waals surface area contributed by atoms with Crippen molar-refractivity contribution in [2.45, 2.75) is 18.6 Å². The van der Waals surface area contributed by atoms with Crippen LogP contribution in [0.25, 0.3) is 11.2 Å². The molecular weight excluding hydrogens is 262 g/mol. The zero-order valence-electron chi connectivity index (χ0n) is 10.7. The van der Waals surface area contributed by atoms with Gasteiger partial charge in [-0.05, 0) is 0 Å². The number of imidazole rings is 1. The molecule has 104 valence electrons. The van der Waals surface area contributed by atoms with E-state index in [1.807, 2.05) is 6.08 Å². The number of hydrogen-bond donors (Lipinski definition) is 2. The van der Waals surface area contributed by atoms with Gasteiger partial charge >= 0.3 is 5.97 Å². The van der Waals surface area contributed by atoms with Crippen LogP contribution >= 0.6 is 0 Å². The van der Waals surface area contributed by atoms with E-state index in [1.165, 1.54) is 7.11 Å². The van der Waals surface area contributed by atoms with Crippen molar-refractivity contribution >= 4 is 23.0 Å². The number of esters is 1. The number of nitrogens with zero attached hydrogens (tertiary/aromatic N) is 4. The molecule has 2 heterocycles. The smallest absolute Gasteiger partial charge is 0.376 e. The first-order valence-electron chi connectivity index (χ1n) is 6.05. The zero-order chi connectivity index (χ0) is 14.3. The molecule has 0 amide bonds. The quantitative estimate of drug-likeness (QED) is 0.587. The zero-order valence-corrected chi connectivity index (χ0v) is 10.7. The highest BCUT2D eigenvalue weighted by Crippen LogP contribution is 2.27. The third-order valence-corrected chi connectivity index (χ3v) is 3.21. The number of fused-ring (bicyclic) bond motifs is 1. The summed E-state index contributed by atoms with van der Waals surface area (Å²) in [5.41, 5.74) is 6.66. The van der Waals surface area contributed by atoms with Crippen molar-refractivity contribution in [3.05, 3.63) is 24.3 Å². The summed E-state index contributed by atoms with van der Waals surface area (Å²) in [5, 5.41) is 9.55. The minimum atomic E-state index is -0.659. The van der Waals surface area contributed by atoms with Gasteiger partial charge in [0.05, 0.1) is 25.6 Å². The number of aliphatic hydroxyl groups is 1. The number of aliphatic hydroxyl groups excluding tert-OH is 1. The molecule has 3 rings (SSSR count). The van der Waals surface area contributed by atoms with Crippen LogP contribution in [0.3, 0.4) is 0 Å². The highest BCUT2D eigenvalue weighted by atomic mass is 16.5. The Morgan fingerprint density at radius 2 is 2.30 bits per heavy atom. The molecule has 20 heavy (non-hydrogen) atoms. The number of rotatable bonds is 2. The van der Waals surface area contributed by atoms with Crippen molar-refractivity contribution in [1.82, 2.24) is 19.5 Å². The average molecular weight is 275 g/mol. The molecule has 2 atom stereocenters. The standard InChI is InChI=1S/C12H13N5O3/c1-20-12(19)10-15-9(13)8-11(16-10)17(5-14-8)6-2-3-7(18)4-6/h2-3,5-7,18H,4H2,1H3,(H2,13,15,16)/t6-,7+/m0/s1. The number of ether oxygens (including phenoxy) is 1. The maximum Gasteiger partial charge on any atom is 0.376 e. The first kappa shape index (κ1) is 12.5. The predicted octanol–water partition coefficient (Wildman–Crippen LogP) is 0.0570. The molecule has 0 radical (unpaired) electrons. The summed E-state index contributed by atoms with van der Waals surface area (Å²) in [5.74, 6) is -0.646. The second kappa shape index (κ2) is 4.57. The Morgan fingerprint density at radius 1 is 1.50 bits per heavy atom. The predicted molar refractivity (Wildman–Crippen MR) is 69.9 cm³/mol. The van der Waals surface area contributed by atoms with Crippen LogP contribution < -0.4 is 5.73 Å². The maximum absolute atomic E-state index is 11.5. The highest BCUT2D eigenvalue weighted by Gasteiger charge is 2.23. The minimum Gasteiger partial charge on any atom is -0.463 e. The van der Waals surface area contributed by atoms with Crippen molar-refractivity contribution in [2.24, 2.45) is 0 Å². The van der Waals surface area contributed by atoms with Crippen molar-refractivity contribution in [3.8, 4) is 0 Å². The van der Waals surface area contributed by atoms with Gasteiger partial charge in [0.15, 0.2) is 11.5 Å². The molecule has 0 saturated carbocycles. The van der Waals surface area contributed by atoms with E-state index in [0.29, 0.717) is 17.6 Å². The fourth-order valence-corrected chi connectivity index (χ4v) is 2.23. The summed E-state index contributed by atoms with van der Waals surface area (Å²) in [7, 11) is 1.25. The average Bonchev–Trinajstić information content (AvgIpc) is 3.03. The molecule has 1 aliphatic carbocycles. The molecule has 0 spiro atoms. The number of anilines is 1. The molecule has 0 aromatic carbocycles. The van der Waals surface area contributed by atoms with E-state index >= 15 is 0 Å². The molecule has 0 aliphatic heterocycles. The van der Waals surface area contributed by atoms with Crippen molar-refractivity contribution in [2.75, 3.05) is 12.8 Å². The lowest BCUT2D eigenvalue weighted by molar-refractivity contribution is 0.0587. The second-order valence-corrected chi connectivity index (χ2v) is 4.50. The van der Waals surface area contributed by atoms with Crippen molar-refractivity contribution in [3.63, 3.8) is 0 Å². The Balaban J connectivity index is 2.12. The third kappa shape index (κ3) is 1.90. The summed E-state index contributed by atoms with van der Waals surface area (Å²) in [6.07, 6.45) is 5.19.